The van der Waals surface area contributed by atoms with Crippen molar-refractivity contribution in [3.8, 4) is 5.75 Å². The van der Waals surface area contributed by atoms with Gasteiger partial charge in [-0.15, -0.1) is 0 Å². The Morgan fingerprint density at radius 2 is 2.21 bits per heavy atom. The molecule has 0 atom stereocenters. The molecule has 0 amide bonds. The second-order valence-corrected chi connectivity index (χ2v) is 5.30. The summed E-state index contributed by atoms with van der Waals surface area (Å²) >= 11 is 2.12. The largest absolute Gasteiger partial charge is 0.486 e. The number of ether oxygens (including phenoxy) is 1. The Kier molecular flexibility index (Phi) is 4.08. The van der Waals surface area contributed by atoms with Crippen LogP contribution >= 0.6 is 22.6 Å². The summed E-state index contributed by atoms with van der Waals surface area (Å²) in [6.45, 7) is 2.27. The average Bonchev–Trinajstić information content (AvgIpc) is 2.66. The molecule has 0 aliphatic rings. The normalized spacial score (nSPS) is 10.5. The van der Waals surface area contributed by atoms with Crippen LogP contribution in [0.15, 0.2) is 24.3 Å². The minimum Gasteiger partial charge on any atom is -0.486 e. The van der Waals surface area contributed by atoms with Crippen molar-refractivity contribution < 1.29 is 14.6 Å². The third-order valence-corrected chi connectivity index (χ3v) is 3.54. The summed E-state index contributed by atoms with van der Waals surface area (Å²) < 4.78 is 8.31. The van der Waals surface area contributed by atoms with Crippen LogP contribution in [0.4, 0.5) is 0 Å². The Morgan fingerprint density at radius 3 is 2.79 bits per heavy atom. The predicted octanol–water partition coefficient (Wildman–Crippen LogP) is 2.61. The van der Waals surface area contributed by atoms with Gasteiger partial charge in [0.1, 0.15) is 12.4 Å². The third-order valence-electron chi connectivity index (χ3n) is 2.65. The third kappa shape index (κ3) is 3.25. The topological polar surface area (TPSA) is 64.3 Å². The molecule has 0 fully saturated rings. The maximum absolute atomic E-state index is 10.9. The minimum atomic E-state index is -0.961. The van der Waals surface area contributed by atoms with Crippen LogP contribution in [0.5, 0.6) is 5.75 Å². The SMILES string of the molecule is Cc1cc(COc2cc(C(=O)O)ccc2I)n(C)n1. The molecular weight excluding hydrogens is 359 g/mol. The number of aromatic nitrogens is 2. The van der Waals surface area contributed by atoms with Crippen molar-refractivity contribution >= 4 is 28.6 Å². The van der Waals surface area contributed by atoms with Crippen molar-refractivity contribution in [3.63, 3.8) is 0 Å². The Bertz CT molecular complexity index is 622. The molecule has 0 saturated heterocycles. The van der Waals surface area contributed by atoms with Gasteiger partial charge in [0.25, 0.3) is 0 Å². The number of hydrogen-bond acceptors (Lipinski definition) is 3. The number of rotatable bonds is 4. The van der Waals surface area contributed by atoms with Gasteiger partial charge in [0.05, 0.1) is 20.5 Å². The van der Waals surface area contributed by atoms with Gasteiger partial charge < -0.3 is 9.84 Å². The number of halogens is 1. The van der Waals surface area contributed by atoms with Crippen LogP contribution in [0.3, 0.4) is 0 Å². The first-order chi connectivity index (χ1) is 8.97. The molecule has 19 heavy (non-hydrogen) atoms. The molecule has 0 saturated carbocycles. The zero-order valence-corrected chi connectivity index (χ0v) is 12.7. The molecule has 0 spiro atoms. The van der Waals surface area contributed by atoms with Gasteiger partial charge in [-0.1, -0.05) is 0 Å². The smallest absolute Gasteiger partial charge is 0.335 e. The zero-order chi connectivity index (χ0) is 14.0. The highest BCUT2D eigenvalue weighted by atomic mass is 127. The molecule has 0 aliphatic heterocycles. The fraction of sp³-hybridized carbons (Fsp3) is 0.231. The van der Waals surface area contributed by atoms with Gasteiger partial charge in [0.15, 0.2) is 0 Å². The number of aromatic carboxylic acids is 1. The first-order valence-electron chi connectivity index (χ1n) is 5.62. The number of carbonyl (C=O) groups is 1. The average molecular weight is 372 g/mol. The number of carboxylic acids is 1. The molecule has 0 radical (unpaired) electrons. The van der Waals surface area contributed by atoms with Crippen molar-refractivity contribution in [2.75, 3.05) is 0 Å². The lowest BCUT2D eigenvalue weighted by Gasteiger charge is -2.09. The summed E-state index contributed by atoms with van der Waals surface area (Å²) in [7, 11) is 1.85. The Labute approximate surface area is 124 Å². The van der Waals surface area contributed by atoms with E-state index >= 15 is 0 Å². The number of aryl methyl sites for hydroxylation is 2. The van der Waals surface area contributed by atoms with E-state index in [0.717, 1.165) is 15.0 Å². The molecule has 1 heterocycles. The van der Waals surface area contributed by atoms with E-state index < -0.39 is 5.97 Å². The summed E-state index contributed by atoms with van der Waals surface area (Å²) in [4.78, 5) is 10.9. The van der Waals surface area contributed by atoms with Crippen LogP contribution in [0, 0.1) is 10.5 Å². The molecule has 6 heteroatoms. The number of carboxylic acid groups (broad SMARTS) is 1. The molecule has 2 aromatic rings. The number of benzene rings is 1. The van der Waals surface area contributed by atoms with E-state index in [1.807, 2.05) is 20.0 Å². The Balaban J connectivity index is 2.17. The molecule has 5 nitrogen and oxygen atoms in total. The fourth-order valence-corrected chi connectivity index (χ4v) is 2.19. The van der Waals surface area contributed by atoms with Crippen LogP contribution in [0.1, 0.15) is 21.7 Å². The molecule has 0 aliphatic carbocycles. The van der Waals surface area contributed by atoms with Crippen LogP contribution in [-0.2, 0) is 13.7 Å². The highest BCUT2D eigenvalue weighted by Gasteiger charge is 2.09. The molecular formula is C13H13IN2O3. The summed E-state index contributed by atoms with van der Waals surface area (Å²) in [6.07, 6.45) is 0. The van der Waals surface area contributed by atoms with Gasteiger partial charge in [-0.3, -0.25) is 4.68 Å². The van der Waals surface area contributed by atoms with Gasteiger partial charge >= 0.3 is 5.97 Å². The molecule has 0 unspecified atom stereocenters. The number of nitrogens with zero attached hydrogens (tertiary/aromatic N) is 2. The van der Waals surface area contributed by atoms with Gasteiger partial charge in [0, 0.05) is 7.05 Å². The van der Waals surface area contributed by atoms with E-state index in [1.54, 1.807) is 16.8 Å². The standard InChI is InChI=1S/C13H13IN2O3/c1-8-5-10(16(2)15-8)7-19-12-6-9(13(17)18)3-4-11(12)14/h3-6H,7H2,1-2H3,(H,17,18). The lowest BCUT2D eigenvalue weighted by Crippen LogP contribution is -2.05. The Morgan fingerprint density at radius 1 is 1.47 bits per heavy atom. The van der Waals surface area contributed by atoms with Crippen LogP contribution in [0.2, 0.25) is 0 Å². The molecule has 1 aromatic heterocycles. The van der Waals surface area contributed by atoms with Gasteiger partial charge in [-0.25, -0.2) is 4.79 Å². The highest BCUT2D eigenvalue weighted by molar-refractivity contribution is 14.1. The van der Waals surface area contributed by atoms with Gasteiger partial charge in [-0.05, 0) is 53.8 Å². The number of hydrogen-bond donors (Lipinski definition) is 1. The first-order valence-corrected chi connectivity index (χ1v) is 6.70. The summed E-state index contributed by atoms with van der Waals surface area (Å²) in [6, 6.07) is 6.76. The Hall–Kier alpha value is -1.57. The van der Waals surface area contributed by atoms with Crippen LogP contribution in [-0.4, -0.2) is 20.9 Å². The quantitative estimate of drug-likeness (QED) is 0.839. The van der Waals surface area contributed by atoms with Crippen molar-refractivity contribution in [1.29, 1.82) is 0 Å². The van der Waals surface area contributed by atoms with Crippen LogP contribution < -0.4 is 4.74 Å². The highest BCUT2D eigenvalue weighted by Crippen LogP contribution is 2.23. The summed E-state index contributed by atoms with van der Waals surface area (Å²) in [5, 5.41) is 13.2. The molecule has 0 bridgehead atoms. The fourth-order valence-electron chi connectivity index (χ4n) is 1.70. The van der Waals surface area contributed by atoms with Crippen molar-refractivity contribution in [2.45, 2.75) is 13.5 Å². The zero-order valence-electron chi connectivity index (χ0n) is 10.6. The summed E-state index contributed by atoms with van der Waals surface area (Å²) in [5.41, 5.74) is 2.08. The van der Waals surface area contributed by atoms with E-state index in [9.17, 15) is 4.79 Å². The van der Waals surface area contributed by atoms with E-state index in [2.05, 4.69) is 27.7 Å². The second kappa shape index (κ2) is 5.60. The van der Waals surface area contributed by atoms with Crippen molar-refractivity contribution in [2.24, 2.45) is 7.05 Å². The molecule has 1 aromatic carbocycles. The molecule has 1 N–H and O–H groups in total. The van der Waals surface area contributed by atoms with E-state index in [4.69, 9.17) is 9.84 Å². The van der Waals surface area contributed by atoms with E-state index in [0.29, 0.717) is 12.4 Å². The van der Waals surface area contributed by atoms with E-state index in [-0.39, 0.29) is 5.56 Å². The van der Waals surface area contributed by atoms with Gasteiger partial charge in [-0.2, -0.15) is 5.10 Å². The minimum absolute atomic E-state index is 0.219. The first kappa shape index (κ1) is 13.9. The molecule has 100 valence electrons. The van der Waals surface area contributed by atoms with Crippen molar-refractivity contribution in [3.05, 3.63) is 44.8 Å². The monoisotopic (exact) mass is 372 g/mol. The lowest BCUT2D eigenvalue weighted by atomic mass is 10.2. The second-order valence-electron chi connectivity index (χ2n) is 4.14. The van der Waals surface area contributed by atoms with E-state index in [1.165, 1.54) is 6.07 Å². The maximum Gasteiger partial charge on any atom is 0.335 e. The predicted molar refractivity (Wildman–Crippen MR) is 78.4 cm³/mol. The van der Waals surface area contributed by atoms with Crippen LogP contribution in [0.25, 0.3) is 0 Å². The lowest BCUT2D eigenvalue weighted by molar-refractivity contribution is 0.0696. The van der Waals surface area contributed by atoms with Gasteiger partial charge in [0.2, 0.25) is 0 Å². The molecule has 2 rings (SSSR count). The maximum atomic E-state index is 10.9. The summed E-state index contributed by atoms with van der Waals surface area (Å²) in [5.74, 6) is -0.392. The van der Waals surface area contributed by atoms with Crippen molar-refractivity contribution in [1.82, 2.24) is 9.78 Å².